The van der Waals surface area contributed by atoms with Crippen molar-refractivity contribution < 1.29 is 18.8 Å². The van der Waals surface area contributed by atoms with Gasteiger partial charge in [-0.15, -0.1) is 0 Å². The van der Waals surface area contributed by atoms with Crippen molar-refractivity contribution in [2.45, 2.75) is 63.7 Å². The molecule has 0 radical (unpaired) electrons. The summed E-state index contributed by atoms with van der Waals surface area (Å²) in [7, 11) is 0. The van der Waals surface area contributed by atoms with Gasteiger partial charge in [0.05, 0.1) is 12.2 Å². The molecule has 2 unspecified atom stereocenters. The minimum absolute atomic E-state index is 0.0672. The molecule has 8 heteroatoms. The smallest absolute Gasteiger partial charge is 0.255 e. The summed E-state index contributed by atoms with van der Waals surface area (Å²) in [6.07, 6.45) is 4.29. The SMILES string of the molecule is CC1CN(c2ccc3c(c2F)CN(C2CCC(=O)NC2=O)C3=O)CCN1C1CCC1. The largest absolute Gasteiger partial charge is 0.366 e. The van der Waals surface area contributed by atoms with E-state index in [4.69, 9.17) is 0 Å². The fourth-order valence-electron chi connectivity index (χ4n) is 5.29. The van der Waals surface area contributed by atoms with Crippen LogP contribution in [0.5, 0.6) is 0 Å². The molecule has 160 valence electrons. The average Bonchev–Trinajstić information content (AvgIpc) is 3.00. The number of amides is 3. The number of benzene rings is 1. The van der Waals surface area contributed by atoms with Crippen LogP contribution in [-0.2, 0) is 16.1 Å². The molecule has 1 N–H and O–H groups in total. The lowest BCUT2D eigenvalue weighted by atomic mass is 9.89. The number of anilines is 1. The minimum Gasteiger partial charge on any atom is -0.366 e. The molecule has 1 aromatic carbocycles. The summed E-state index contributed by atoms with van der Waals surface area (Å²) in [6.45, 7) is 4.71. The highest BCUT2D eigenvalue weighted by molar-refractivity contribution is 6.05. The molecule has 3 aliphatic heterocycles. The number of fused-ring (bicyclic) bond motifs is 1. The van der Waals surface area contributed by atoms with Crippen molar-refractivity contribution in [2.75, 3.05) is 24.5 Å². The number of nitrogens with zero attached hydrogens (tertiary/aromatic N) is 3. The van der Waals surface area contributed by atoms with Crippen LogP contribution in [0.4, 0.5) is 10.1 Å². The van der Waals surface area contributed by atoms with Crippen LogP contribution in [0.15, 0.2) is 12.1 Å². The number of halogens is 1. The van der Waals surface area contributed by atoms with Gasteiger partial charge in [0.25, 0.3) is 5.91 Å². The van der Waals surface area contributed by atoms with Crippen LogP contribution in [0.2, 0.25) is 0 Å². The Morgan fingerprint density at radius 2 is 1.90 bits per heavy atom. The van der Waals surface area contributed by atoms with Gasteiger partial charge in [-0.2, -0.15) is 0 Å². The molecule has 2 atom stereocenters. The van der Waals surface area contributed by atoms with Crippen LogP contribution in [-0.4, -0.2) is 65.3 Å². The van der Waals surface area contributed by atoms with E-state index in [2.05, 4.69) is 22.0 Å². The quantitative estimate of drug-likeness (QED) is 0.762. The highest BCUT2D eigenvalue weighted by Crippen LogP contribution is 2.35. The maximum Gasteiger partial charge on any atom is 0.255 e. The lowest BCUT2D eigenvalue weighted by Gasteiger charge is -2.47. The van der Waals surface area contributed by atoms with Crippen molar-refractivity contribution in [1.82, 2.24) is 15.1 Å². The van der Waals surface area contributed by atoms with Crippen molar-refractivity contribution in [1.29, 1.82) is 0 Å². The monoisotopic (exact) mass is 414 g/mol. The Balaban J connectivity index is 1.35. The van der Waals surface area contributed by atoms with Gasteiger partial charge in [-0.1, -0.05) is 6.42 Å². The number of carbonyl (C=O) groups excluding carboxylic acids is 3. The van der Waals surface area contributed by atoms with Gasteiger partial charge in [0.2, 0.25) is 11.8 Å². The van der Waals surface area contributed by atoms with E-state index in [0.717, 1.165) is 19.6 Å². The molecule has 1 aromatic rings. The molecule has 30 heavy (non-hydrogen) atoms. The van der Waals surface area contributed by atoms with Crippen LogP contribution in [0.3, 0.4) is 0 Å². The van der Waals surface area contributed by atoms with Gasteiger partial charge < -0.3 is 9.80 Å². The van der Waals surface area contributed by atoms with Gasteiger partial charge in [-0.25, -0.2) is 4.39 Å². The third-order valence-corrected chi connectivity index (χ3v) is 7.19. The first-order chi connectivity index (χ1) is 14.4. The van der Waals surface area contributed by atoms with Gasteiger partial charge in [0.1, 0.15) is 6.04 Å². The lowest BCUT2D eigenvalue weighted by molar-refractivity contribution is -0.136. The number of carbonyl (C=O) groups is 3. The third kappa shape index (κ3) is 3.09. The topological polar surface area (TPSA) is 73.0 Å². The van der Waals surface area contributed by atoms with Gasteiger partial charge in [0, 0.05) is 49.3 Å². The molecule has 0 spiro atoms. The summed E-state index contributed by atoms with van der Waals surface area (Å²) in [5, 5.41) is 2.28. The molecule has 5 rings (SSSR count). The van der Waals surface area contributed by atoms with E-state index < -0.39 is 11.9 Å². The van der Waals surface area contributed by atoms with E-state index in [-0.39, 0.29) is 37.0 Å². The van der Waals surface area contributed by atoms with E-state index in [1.807, 2.05) is 0 Å². The van der Waals surface area contributed by atoms with E-state index in [0.29, 0.717) is 28.9 Å². The zero-order valence-corrected chi connectivity index (χ0v) is 17.2. The Morgan fingerprint density at radius 1 is 1.10 bits per heavy atom. The van der Waals surface area contributed by atoms with E-state index >= 15 is 4.39 Å². The zero-order valence-electron chi connectivity index (χ0n) is 17.2. The lowest BCUT2D eigenvalue weighted by Crippen LogP contribution is -2.57. The van der Waals surface area contributed by atoms with Crippen LogP contribution in [0.25, 0.3) is 0 Å². The van der Waals surface area contributed by atoms with Crippen molar-refractivity contribution in [2.24, 2.45) is 0 Å². The second kappa shape index (κ2) is 7.34. The maximum atomic E-state index is 15.5. The first kappa shape index (κ1) is 19.5. The van der Waals surface area contributed by atoms with E-state index in [1.54, 1.807) is 12.1 Å². The summed E-state index contributed by atoms with van der Waals surface area (Å²) >= 11 is 0. The number of piperidine rings is 1. The molecule has 3 amide bonds. The Labute approximate surface area is 175 Å². The molecule has 3 fully saturated rings. The standard InChI is InChI=1S/C22H27FN4O3/c1-13-11-25(9-10-26(13)14-3-2-4-14)17-6-5-15-16(20(17)23)12-27(22(15)30)18-7-8-19(28)24-21(18)29/h5-6,13-14,18H,2-4,7-12H2,1H3,(H,24,28,29). The van der Waals surface area contributed by atoms with Crippen molar-refractivity contribution >= 4 is 23.4 Å². The van der Waals surface area contributed by atoms with Crippen molar-refractivity contribution in [3.8, 4) is 0 Å². The first-order valence-corrected chi connectivity index (χ1v) is 10.9. The molecule has 1 saturated carbocycles. The maximum absolute atomic E-state index is 15.5. The molecule has 2 saturated heterocycles. The summed E-state index contributed by atoms with van der Waals surface area (Å²) in [5.74, 6) is -1.51. The highest BCUT2D eigenvalue weighted by atomic mass is 19.1. The van der Waals surface area contributed by atoms with Crippen LogP contribution >= 0.6 is 0 Å². The Kier molecular flexibility index (Phi) is 4.76. The fraction of sp³-hybridized carbons (Fsp3) is 0.591. The third-order valence-electron chi connectivity index (χ3n) is 7.19. The van der Waals surface area contributed by atoms with Gasteiger partial charge in [-0.3, -0.25) is 24.6 Å². The summed E-state index contributed by atoms with van der Waals surface area (Å²) < 4.78 is 15.5. The van der Waals surface area contributed by atoms with Crippen LogP contribution in [0.1, 0.15) is 54.9 Å². The predicted molar refractivity (Wildman–Crippen MR) is 108 cm³/mol. The molecule has 1 aliphatic carbocycles. The highest BCUT2D eigenvalue weighted by Gasteiger charge is 2.41. The molecular formula is C22H27FN4O3. The van der Waals surface area contributed by atoms with E-state index in [9.17, 15) is 14.4 Å². The van der Waals surface area contributed by atoms with Crippen molar-refractivity contribution in [3.05, 3.63) is 29.1 Å². The van der Waals surface area contributed by atoms with E-state index in [1.165, 1.54) is 24.2 Å². The fourth-order valence-corrected chi connectivity index (χ4v) is 5.29. The molecule has 0 aromatic heterocycles. The Hall–Kier alpha value is -2.48. The first-order valence-electron chi connectivity index (χ1n) is 10.9. The normalized spacial score (nSPS) is 27.9. The molecule has 4 aliphatic rings. The number of piperazine rings is 1. The number of imide groups is 1. The number of hydrogen-bond acceptors (Lipinski definition) is 5. The summed E-state index contributed by atoms with van der Waals surface area (Å²) in [6, 6.07) is 3.69. The second-order valence-electron chi connectivity index (χ2n) is 8.94. The number of nitrogens with one attached hydrogen (secondary N) is 1. The van der Waals surface area contributed by atoms with Crippen LogP contribution < -0.4 is 10.2 Å². The zero-order chi connectivity index (χ0) is 21.0. The summed E-state index contributed by atoms with van der Waals surface area (Å²) in [5.41, 5.74) is 1.21. The number of rotatable bonds is 3. The molecular weight excluding hydrogens is 387 g/mol. The Morgan fingerprint density at radius 3 is 2.57 bits per heavy atom. The van der Waals surface area contributed by atoms with Gasteiger partial charge >= 0.3 is 0 Å². The second-order valence-corrected chi connectivity index (χ2v) is 8.94. The Bertz CT molecular complexity index is 916. The van der Waals surface area contributed by atoms with Crippen LogP contribution in [0, 0.1) is 5.82 Å². The van der Waals surface area contributed by atoms with Gasteiger partial charge in [-0.05, 0) is 38.3 Å². The molecule has 7 nitrogen and oxygen atoms in total. The molecule has 3 heterocycles. The van der Waals surface area contributed by atoms with Gasteiger partial charge in [0.15, 0.2) is 5.82 Å². The summed E-state index contributed by atoms with van der Waals surface area (Å²) in [4.78, 5) is 42.5. The average molecular weight is 414 g/mol. The minimum atomic E-state index is -0.725. The van der Waals surface area contributed by atoms with Crippen molar-refractivity contribution in [3.63, 3.8) is 0 Å². The predicted octanol–water partition coefficient (Wildman–Crippen LogP) is 1.65. The molecule has 0 bridgehead atoms. The number of hydrogen-bond donors (Lipinski definition) is 1.